The fourth-order valence-electron chi connectivity index (χ4n) is 3.33. The Morgan fingerprint density at radius 1 is 1.04 bits per heavy atom. The molecule has 7 heteroatoms. The highest BCUT2D eigenvalue weighted by molar-refractivity contribution is 5.94. The number of nitrogens with one attached hydrogen (secondary N) is 1. The molecule has 1 aromatic heterocycles. The van der Waals surface area contributed by atoms with E-state index in [1.165, 1.54) is 24.0 Å². The zero-order valence-corrected chi connectivity index (χ0v) is 15.6. The Hall–Kier alpha value is -3.35. The fourth-order valence-corrected chi connectivity index (χ4v) is 3.33. The number of hydrogen-bond donors (Lipinski definition) is 1. The summed E-state index contributed by atoms with van der Waals surface area (Å²) < 4.78 is 15.4. The SMILES string of the molecule is COc1ccc(OCC(=O)Nc2nonc2-c2ccc3c(c2)CCCC3)cc1. The van der Waals surface area contributed by atoms with Crippen LogP contribution < -0.4 is 14.8 Å². The van der Waals surface area contributed by atoms with Crippen LogP contribution in [0.4, 0.5) is 5.82 Å². The highest BCUT2D eigenvalue weighted by Crippen LogP contribution is 2.29. The van der Waals surface area contributed by atoms with Crippen molar-refractivity contribution in [2.75, 3.05) is 19.0 Å². The molecule has 0 saturated carbocycles. The predicted octanol–water partition coefficient (Wildman–Crippen LogP) is 3.64. The number of anilines is 1. The molecule has 144 valence electrons. The van der Waals surface area contributed by atoms with E-state index in [1.54, 1.807) is 31.4 Å². The Balaban J connectivity index is 1.41. The predicted molar refractivity (Wildman–Crippen MR) is 103 cm³/mol. The third-order valence-corrected chi connectivity index (χ3v) is 4.80. The lowest BCUT2D eigenvalue weighted by Crippen LogP contribution is -2.20. The maximum atomic E-state index is 12.3. The summed E-state index contributed by atoms with van der Waals surface area (Å²) in [5, 5.41) is 10.5. The summed E-state index contributed by atoms with van der Waals surface area (Å²) in [5.41, 5.74) is 4.11. The van der Waals surface area contributed by atoms with Crippen molar-refractivity contribution < 1.29 is 18.9 Å². The molecule has 1 aliphatic rings. The monoisotopic (exact) mass is 379 g/mol. The molecule has 0 aliphatic heterocycles. The molecule has 1 heterocycles. The molecule has 7 nitrogen and oxygen atoms in total. The van der Waals surface area contributed by atoms with E-state index in [-0.39, 0.29) is 12.5 Å². The van der Waals surface area contributed by atoms with Crippen LogP contribution in [0.25, 0.3) is 11.3 Å². The zero-order chi connectivity index (χ0) is 19.3. The molecule has 28 heavy (non-hydrogen) atoms. The van der Waals surface area contributed by atoms with E-state index in [0.29, 0.717) is 17.3 Å². The molecular formula is C21H21N3O4. The number of aromatic nitrogens is 2. The highest BCUT2D eigenvalue weighted by atomic mass is 16.6. The van der Waals surface area contributed by atoms with Crippen molar-refractivity contribution in [3.8, 4) is 22.8 Å². The van der Waals surface area contributed by atoms with Gasteiger partial charge in [0.2, 0.25) is 5.82 Å². The van der Waals surface area contributed by atoms with Gasteiger partial charge in [-0.2, -0.15) is 0 Å². The van der Waals surface area contributed by atoms with Crippen molar-refractivity contribution in [1.29, 1.82) is 0 Å². The summed E-state index contributed by atoms with van der Waals surface area (Å²) in [6.45, 7) is -0.150. The van der Waals surface area contributed by atoms with E-state index < -0.39 is 0 Å². The van der Waals surface area contributed by atoms with Crippen molar-refractivity contribution in [2.45, 2.75) is 25.7 Å². The van der Waals surface area contributed by atoms with Crippen LogP contribution in [0, 0.1) is 0 Å². The molecule has 1 amide bonds. The maximum absolute atomic E-state index is 12.3. The second kappa shape index (κ2) is 8.12. The number of ether oxygens (including phenoxy) is 2. The number of fused-ring (bicyclic) bond motifs is 1. The molecule has 3 aromatic rings. The molecule has 0 fully saturated rings. The minimum Gasteiger partial charge on any atom is -0.497 e. The average Bonchev–Trinajstić information content (AvgIpc) is 3.20. The smallest absolute Gasteiger partial charge is 0.263 e. The average molecular weight is 379 g/mol. The summed E-state index contributed by atoms with van der Waals surface area (Å²) in [6, 6.07) is 13.2. The lowest BCUT2D eigenvalue weighted by atomic mass is 9.90. The van der Waals surface area contributed by atoms with Gasteiger partial charge in [0.05, 0.1) is 7.11 Å². The molecule has 0 bridgehead atoms. The van der Waals surface area contributed by atoms with E-state index in [4.69, 9.17) is 14.1 Å². The van der Waals surface area contributed by atoms with Crippen LogP contribution in [0.3, 0.4) is 0 Å². The molecule has 0 atom stereocenters. The highest BCUT2D eigenvalue weighted by Gasteiger charge is 2.18. The standard InChI is InChI=1S/C21H21N3O4/c1-26-17-8-10-18(11-9-17)27-13-19(25)22-21-20(23-28-24-21)16-7-6-14-4-2-3-5-15(14)12-16/h6-12H,2-5,13H2,1H3,(H,22,24,25). The largest absolute Gasteiger partial charge is 0.497 e. The number of hydrogen-bond acceptors (Lipinski definition) is 6. The van der Waals surface area contributed by atoms with Crippen molar-refractivity contribution in [1.82, 2.24) is 10.3 Å². The lowest BCUT2D eigenvalue weighted by molar-refractivity contribution is -0.118. The zero-order valence-electron chi connectivity index (χ0n) is 15.6. The van der Waals surface area contributed by atoms with Gasteiger partial charge in [-0.1, -0.05) is 12.1 Å². The first-order valence-electron chi connectivity index (χ1n) is 9.24. The van der Waals surface area contributed by atoms with E-state index >= 15 is 0 Å². The van der Waals surface area contributed by atoms with Crippen LogP contribution in [0.5, 0.6) is 11.5 Å². The summed E-state index contributed by atoms with van der Waals surface area (Å²) in [5.74, 6) is 1.24. The summed E-state index contributed by atoms with van der Waals surface area (Å²) in [7, 11) is 1.59. The van der Waals surface area contributed by atoms with Gasteiger partial charge in [0.25, 0.3) is 5.91 Å². The third kappa shape index (κ3) is 3.98. The first kappa shape index (κ1) is 18.0. The summed E-state index contributed by atoms with van der Waals surface area (Å²) >= 11 is 0. The van der Waals surface area contributed by atoms with E-state index in [2.05, 4.69) is 27.8 Å². The molecule has 4 rings (SSSR count). The van der Waals surface area contributed by atoms with Gasteiger partial charge in [-0.25, -0.2) is 4.63 Å². The van der Waals surface area contributed by atoms with Crippen LogP contribution >= 0.6 is 0 Å². The minimum atomic E-state index is -0.342. The second-order valence-corrected chi connectivity index (χ2v) is 6.66. The molecular weight excluding hydrogens is 358 g/mol. The van der Waals surface area contributed by atoms with Crippen molar-refractivity contribution in [3.63, 3.8) is 0 Å². The number of nitrogens with zero attached hydrogens (tertiary/aromatic N) is 2. The number of carbonyl (C=O) groups excluding carboxylic acids is 1. The summed E-state index contributed by atoms with van der Waals surface area (Å²) in [4.78, 5) is 12.3. The van der Waals surface area contributed by atoms with Gasteiger partial charge >= 0.3 is 0 Å². The van der Waals surface area contributed by atoms with E-state index in [0.717, 1.165) is 24.2 Å². The van der Waals surface area contributed by atoms with Gasteiger partial charge in [-0.15, -0.1) is 0 Å². The first-order valence-corrected chi connectivity index (χ1v) is 9.24. The normalized spacial score (nSPS) is 12.9. The minimum absolute atomic E-state index is 0.150. The van der Waals surface area contributed by atoms with Gasteiger partial charge in [-0.3, -0.25) is 4.79 Å². The molecule has 1 aliphatic carbocycles. The number of aryl methyl sites for hydroxylation is 2. The second-order valence-electron chi connectivity index (χ2n) is 6.66. The van der Waals surface area contributed by atoms with Gasteiger partial charge < -0.3 is 14.8 Å². The van der Waals surface area contributed by atoms with Gasteiger partial charge in [0.1, 0.15) is 11.5 Å². The lowest BCUT2D eigenvalue weighted by Gasteiger charge is -2.16. The fraction of sp³-hybridized carbons (Fsp3) is 0.286. The van der Waals surface area contributed by atoms with Gasteiger partial charge in [-0.05, 0) is 77.5 Å². The Bertz CT molecular complexity index is 966. The van der Waals surface area contributed by atoms with Crippen molar-refractivity contribution in [3.05, 3.63) is 53.6 Å². The molecule has 2 aromatic carbocycles. The summed E-state index contributed by atoms with van der Waals surface area (Å²) in [6.07, 6.45) is 4.60. The Kier molecular flexibility index (Phi) is 5.23. The molecule has 0 spiro atoms. The molecule has 0 saturated heterocycles. The Morgan fingerprint density at radius 3 is 2.57 bits per heavy atom. The third-order valence-electron chi connectivity index (χ3n) is 4.80. The van der Waals surface area contributed by atoms with Crippen LogP contribution in [0.2, 0.25) is 0 Å². The van der Waals surface area contributed by atoms with Crippen molar-refractivity contribution >= 4 is 11.7 Å². The Morgan fingerprint density at radius 2 is 1.79 bits per heavy atom. The van der Waals surface area contributed by atoms with E-state index in [1.807, 2.05) is 6.07 Å². The maximum Gasteiger partial charge on any atom is 0.263 e. The molecule has 0 unspecified atom stereocenters. The Labute approximate surface area is 162 Å². The van der Waals surface area contributed by atoms with Crippen molar-refractivity contribution in [2.24, 2.45) is 0 Å². The van der Waals surface area contributed by atoms with Gasteiger partial charge in [0, 0.05) is 5.56 Å². The number of amides is 1. The van der Waals surface area contributed by atoms with Crippen LogP contribution in [-0.2, 0) is 17.6 Å². The number of methoxy groups -OCH3 is 1. The van der Waals surface area contributed by atoms with Crippen LogP contribution in [0.1, 0.15) is 24.0 Å². The topological polar surface area (TPSA) is 86.5 Å². The number of carbonyl (C=O) groups is 1. The number of rotatable bonds is 6. The quantitative estimate of drug-likeness (QED) is 0.704. The number of benzene rings is 2. The van der Waals surface area contributed by atoms with Crippen LogP contribution in [-0.4, -0.2) is 29.9 Å². The van der Waals surface area contributed by atoms with E-state index in [9.17, 15) is 4.79 Å². The van der Waals surface area contributed by atoms with Crippen LogP contribution in [0.15, 0.2) is 47.1 Å². The first-order chi connectivity index (χ1) is 13.7. The van der Waals surface area contributed by atoms with Gasteiger partial charge in [0.15, 0.2) is 12.3 Å². The molecule has 1 N–H and O–H groups in total. The molecule has 0 radical (unpaired) electrons.